The fourth-order valence-electron chi connectivity index (χ4n) is 1.88. The molecule has 0 aliphatic carbocycles. The summed E-state index contributed by atoms with van der Waals surface area (Å²) in [6.07, 6.45) is 7.72. The maximum atomic E-state index is 11.7. The van der Waals surface area contributed by atoms with Gasteiger partial charge in [0.2, 0.25) is 5.91 Å². The van der Waals surface area contributed by atoms with Crippen LogP contribution < -0.4 is 11.1 Å². The molecule has 0 saturated heterocycles. The quantitative estimate of drug-likeness (QED) is 0.474. The number of hydrogen-bond acceptors (Lipinski definition) is 2. The summed E-state index contributed by atoms with van der Waals surface area (Å²) >= 11 is 4.96. The Morgan fingerprint density at radius 1 is 1.17 bits per heavy atom. The molecule has 3 N–H and O–H groups in total. The smallest absolute Gasteiger partial charge is 0.220 e. The molecule has 18 heavy (non-hydrogen) atoms. The van der Waals surface area contributed by atoms with Crippen LogP contribution in [0.1, 0.15) is 65.7 Å². The zero-order chi connectivity index (χ0) is 14.0. The third kappa shape index (κ3) is 8.45. The second-order valence-electron chi connectivity index (χ2n) is 5.21. The van der Waals surface area contributed by atoms with Gasteiger partial charge in [0.05, 0.1) is 11.0 Å². The van der Waals surface area contributed by atoms with E-state index in [1.807, 2.05) is 13.8 Å². The molecule has 1 unspecified atom stereocenters. The fourth-order valence-corrected chi connectivity index (χ4v) is 2.21. The van der Waals surface area contributed by atoms with Crippen LogP contribution in [0.2, 0.25) is 0 Å². The molecule has 0 aromatic carbocycles. The van der Waals surface area contributed by atoms with E-state index in [1.54, 1.807) is 0 Å². The summed E-state index contributed by atoms with van der Waals surface area (Å²) in [6.45, 7) is 6.22. The highest BCUT2D eigenvalue weighted by molar-refractivity contribution is 7.80. The number of nitrogens with one attached hydrogen (secondary N) is 1. The maximum Gasteiger partial charge on any atom is 0.220 e. The zero-order valence-corrected chi connectivity index (χ0v) is 12.8. The van der Waals surface area contributed by atoms with Gasteiger partial charge < -0.3 is 11.1 Å². The zero-order valence-electron chi connectivity index (χ0n) is 12.0. The Balaban J connectivity index is 3.72. The van der Waals surface area contributed by atoms with Crippen molar-refractivity contribution in [3.63, 3.8) is 0 Å². The Labute approximate surface area is 117 Å². The van der Waals surface area contributed by atoms with Crippen LogP contribution in [0.3, 0.4) is 0 Å². The van der Waals surface area contributed by atoms with Gasteiger partial charge in [0.25, 0.3) is 0 Å². The van der Waals surface area contributed by atoms with Crippen LogP contribution in [0.5, 0.6) is 0 Å². The summed E-state index contributed by atoms with van der Waals surface area (Å²) in [5.74, 6) is 0.313. The predicted octanol–water partition coefficient (Wildman–Crippen LogP) is 3.16. The van der Waals surface area contributed by atoms with E-state index in [0.717, 1.165) is 12.8 Å². The SMILES string of the molecule is CCCCCCCCC(=O)NC(C(N)=S)C(C)C. The molecule has 0 spiro atoms. The van der Waals surface area contributed by atoms with E-state index in [0.29, 0.717) is 11.4 Å². The summed E-state index contributed by atoms with van der Waals surface area (Å²) < 4.78 is 0. The van der Waals surface area contributed by atoms with Crippen LogP contribution in [0.4, 0.5) is 0 Å². The molecular weight excluding hydrogens is 244 g/mol. The number of thiocarbonyl (C=S) groups is 1. The lowest BCUT2D eigenvalue weighted by molar-refractivity contribution is -0.121. The van der Waals surface area contributed by atoms with Gasteiger partial charge in [-0.15, -0.1) is 0 Å². The van der Waals surface area contributed by atoms with Crippen molar-refractivity contribution >= 4 is 23.1 Å². The molecule has 0 bridgehead atoms. The molecule has 1 atom stereocenters. The Kier molecular flexibility index (Phi) is 9.93. The van der Waals surface area contributed by atoms with Gasteiger partial charge in [0.15, 0.2) is 0 Å². The fraction of sp³-hybridized carbons (Fsp3) is 0.857. The minimum atomic E-state index is -0.174. The summed E-state index contributed by atoms with van der Waals surface area (Å²) in [7, 11) is 0. The van der Waals surface area contributed by atoms with Crippen molar-refractivity contribution < 1.29 is 4.79 Å². The van der Waals surface area contributed by atoms with Gasteiger partial charge in [0.1, 0.15) is 0 Å². The normalized spacial score (nSPS) is 12.4. The number of unbranched alkanes of at least 4 members (excludes halogenated alkanes) is 5. The molecule has 106 valence electrons. The Bertz CT molecular complexity index is 254. The first kappa shape index (κ1) is 17.4. The summed E-state index contributed by atoms with van der Waals surface area (Å²) in [6, 6.07) is -0.174. The molecule has 0 aliphatic rings. The standard InChI is InChI=1S/C14H28N2OS/c1-4-5-6-7-8-9-10-12(17)16-13(11(2)3)14(15)18/h11,13H,4-10H2,1-3H3,(H2,15,18)(H,16,17). The number of rotatable bonds is 10. The highest BCUT2D eigenvalue weighted by Gasteiger charge is 2.18. The van der Waals surface area contributed by atoms with Crippen molar-refractivity contribution in [3.05, 3.63) is 0 Å². The Morgan fingerprint density at radius 2 is 1.72 bits per heavy atom. The summed E-state index contributed by atoms with van der Waals surface area (Å²) in [5, 5.41) is 2.91. The molecule has 0 aromatic rings. The van der Waals surface area contributed by atoms with Gasteiger partial charge in [-0.1, -0.05) is 65.1 Å². The van der Waals surface area contributed by atoms with Crippen LogP contribution in [0.15, 0.2) is 0 Å². The van der Waals surface area contributed by atoms with Crippen molar-refractivity contribution in [2.75, 3.05) is 0 Å². The van der Waals surface area contributed by atoms with Crippen LogP contribution in [0.25, 0.3) is 0 Å². The molecule has 0 radical (unpaired) electrons. The monoisotopic (exact) mass is 272 g/mol. The lowest BCUT2D eigenvalue weighted by atomic mass is 10.0. The summed E-state index contributed by atoms with van der Waals surface area (Å²) in [5.41, 5.74) is 5.61. The van der Waals surface area contributed by atoms with E-state index in [-0.39, 0.29) is 17.9 Å². The molecular formula is C14H28N2OS. The maximum absolute atomic E-state index is 11.7. The molecule has 4 heteroatoms. The third-order valence-corrected chi connectivity index (χ3v) is 3.30. The lowest BCUT2D eigenvalue weighted by Crippen LogP contribution is -2.46. The van der Waals surface area contributed by atoms with Gasteiger partial charge in [-0.3, -0.25) is 4.79 Å². The van der Waals surface area contributed by atoms with Crippen LogP contribution in [0, 0.1) is 5.92 Å². The second-order valence-corrected chi connectivity index (χ2v) is 5.68. The first-order valence-corrected chi connectivity index (χ1v) is 7.48. The Hall–Kier alpha value is -0.640. The van der Waals surface area contributed by atoms with Crippen molar-refractivity contribution in [2.24, 2.45) is 11.7 Å². The largest absolute Gasteiger partial charge is 0.392 e. The second kappa shape index (κ2) is 10.3. The average molecular weight is 272 g/mol. The van der Waals surface area contributed by atoms with E-state index in [1.165, 1.54) is 25.7 Å². The number of amides is 1. The van der Waals surface area contributed by atoms with Crippen LogP contribution in [-0.2, 0) is 4.79 Å². The number of nitrogens with two attached hydrogens (primary N) is 1. The van der Waals surface area contributed by atoms with Crippen LogP contribution >= 0.6 is 12.2 Å². The molecule has 0 aliphatic heterocycles. The molecule has 3 nitrogen and oxygen atoms in total. The first-order chi connectivity index (χ1) is 8.49. The average Bonchev–Trinajstić information content (AvgIpc) is 2.29. The number of carbonyl (C=O) groups excluding carboxylic acids is 1. The van der Waals surface area contributed by atoms with Crippen molar-refractivity contribution in [1.82, 2.24) is 5.32 Å². The van der Waals surface area contributed by atoms with Crippen molar-refractivity contribution in [2.45, 2.75) is 71.8 Å². The molecule has 0 rings (SSSR count). The topological polar surface area (TPSA) is 55.1 Å². The van der Waals surface area contributed by atoms with Gasteiger partial charge in [-0.2, -0.15) is 0 Å². The van der Waals surface area contributed by atoms with E-state index < -0.39 is 0 Å². The van der Waals surface area contributed by atoms with E-state index in [4.69, 9.17) is 18.0 Å². The summed E-state index contributed by atoms with van der Waals surface area (Å²) in [4.78, 5) is 12.1. The van der Waals surface area contributed by atoms with Crippen LogP contribution in [-0.4, -0.2) is 16.9 Å². The highest BCUT2D eigenvalue weighted by atomic mass is 32.1. The molecule has 0 heterocycles. The number of hydrogen-bond donors (Lipinski definition) is 2. The lowest BCUT2D eigenvalue weighted by Gasteiger charge is -2.20. The van der Waals surface area contributed by atoms with E-state index in [2.05, 4.69) is 12.2 Å². The third-order valence-electron chi connectivity index (χ3n) is 3.05. The minimum Gasteiger partial charge on any atom is -0.392 e. The highest BCUT2D eigenvalue weighted by Crippen LogP contribution is 2.08. The van der Waals surface area contributed by atoms with Gasteiger partial charge in [-0.25, -0.2) is 0 Å². The van der Waals surface area contributed by atoms with Gasteiger partial charge >= 0.3 is 0 Å². The molecule has 0 fully saturated rings. The molecule has 0 saturated carbocycles. The Morgan fingerprint density at radius 3 is 2.22 bits per heavy atom. The van der Waals surface area contributed by atoms with E-state index in [9.17, 15) is 4.79 Å². The minimum absolute atomic E-state index is 0.0667. The number of carbonyl (C=O) groups is 1. The van der Waals surface area contributed by atoms with Crippen molar-refractivity contribution in [3.8, 4) is 0 Å². The van der Waals surface area contributed by atoms with Gasteiger partial charge in [0, 0.05) is 6.42 Å². The molecule has 1 amide bonds. The van der Waals surface area contributed by atoms with E-state index >= 15 is 0 Å². The first-order valence-electron chi connectivity index (χ1n) is 7.07. The van der Waals surface area contributed by atoms with Crippen molar-refractivity contribution in [1.29, 1.82) is 0 Å². The van der Waals surface area contributed by atoms with Gasteiger partial charge in [-0.05, 0) is 12.3 Å². The predicted molar refractivity (Wildman–Crippen MR) is 81.5 cm³/mol. The molecule has 0 aromatic heterocycles.